The predicted molar refractivity (Wildman–Crippen MR) is 102 cm³/mol. The predicted octanol–water partition coefficient (Wildman–Crippen LogP) is 3.97. The van der Waals surface area contributed by atoms with Gasteiger partial charge in [0.05, 0.1) is 7.11 Å². The van der Waals surface area contributed by atoms with E-state index in [1.54, 1.807) is 18.4 Å². The minimum atomic E-state index is 0.885. The first-order valence-corrected chi connectivity index (χ1v) is 9.36. The Morgan fingerprint density at radius 1 is 1.12 bits per heavy atom. The van der Waals surface area contributed by atoms with Crippen LogP contribution in [0.2, 0.25) is 0 Å². The van der Waals surface area contributed by atoms with Crippen molar-refractivity contribution in [3.05, 3.63) is 23.3 Å². The SMILES string of the molecule is CCN(CC)CCCNc1nnc(-c2cc(C)c(OC)c(C)c2)s1. The summed E-state index contributed by atoms with van der Waals surface area (Å²) < 4.78 is 5.43. The normalized spacial score (nSPS) is 11.1. The van der Waals surface area contributed by atoms with Gasteiger partial charge in [-0.2, -0.15) is 0 Å². The van der Waals surface area contributed by atoms with E-state index in [9.17, 15) is 0 Å². The summed E-state index contributed by atoms with van der Waals surface area (Å²) in [4.78, 5) is 2.43. The molecule has 132 valence electrons. The summed E-state index contributed by atoms with van der Waals surface area (Å²) in [5, 5.41) is 13.8. The van der Waals surface area contributed by atoms with E-state index in [4.69, 9.17) is 4.74 Å². The minimum Gasteiger partial charge on any atom is -0.496 e. The lowest BCUT2D eigenvalue weighted by Gasteiger charge is -2.17. The number of benzene rings is 1. The molecular weight excluding hydrogens is 320 g/mol. The van der Waals surface area contributed by atoms with Gasteiger partial charge in [0.15, 0.2) is 0 Å². The second kappa shape index (κ2) is 8.99. The maximum Gasteiger partial charge on any atom is 0.206 e. The number of anilines is 1. The molecule has 0 saturated carbocycles. The maximum atomic E-state index is 5.43. The molecule has 0 amide bonds. The fraction of sp³-hybridized carbons (Fsp3) is 0.556. The summed E-state index contributed by atoms with van der Waals surface area (Å²) in [6.45, 7) is 12.8. The highest BCUT2D eigenvalue weighted by Gasteiger charge is 2.11. The second-order valence-corrected chi connectivity index (χ2v) is 6.84. The van der Waals surface area contributed by atoms with Crippen LogP contribution in [0.4, 0.5) is 5.13 Å². The van der Waals surface area contributed by atoms with Crippen molar-refractivity contribution in [2.24, 2.45) is 0 Å². The first kappa shape index (κ1) is 18.7. The molecule has 2 rings (SSSR count). The third-order valence-electron chi connectivity index (χ3n) is 4.16. The van der Waals surface area contributed by atoms with Crippen molar-refractivity contribution in [1.29, 1.82) is 0 Å². The van der Waals surface area contributed by atoms with Crippen LogP contribution in [0.1, 0.15) is 31.4 Å². The molecule has 0 unspecified atom stereocenters. The Labute approximate surface area is 149 Å². The van der Waals surface area contributed by atoms with Crippen molar-refractivity contribution in [1.82, 2.24) is 15.1 Å². The van der Waals surface area contributed by atoms with Gasteiger partial charge in [-0.1, -0.05) is 25.2 Å². The van der Waals surface area contributed by atoms with Crippen LogP contribution in [-0.2, 0) is 0 Å². The van der Waals surface area contributed by atoms with Crippen LogP contribution in [-0.4, -0.2) is 48.4 Å². The summed E-state index contributed by atoms with van der Waals surface area (Å²) in [5.41, 5.74) is 3.34. The zero-order valence-corrected chi connectivity index (χ0v) is 16.2. The third kappa shape index (κ3) is 4.68. The molecule has 5 nitrogen and oxygen atoms in total. The Bertz CT molecular complexity index is 629. The van der Waals surface area contributed by atoms with Gasteiger partial charge >= 0.3 is 0 Å². The van der Waals surface area contributed by atoms with Crippen molar-refractivity contribution in [3.63, 3.8) is 0 Å². The highest BCUT2D eigenvalue weighted by Crippen LogP contribution is 2.32. The van der Waals surface area contributed by atoms with Crippen LogP contribution >= 0.6 is 11.3 Å². The second-order valence-electron chi connectivity index (χ2n) is 5.86. The molecule has 0 aliphatic carbocycles. The Kier molecular flexibility index (Phi) is 6.99. The number of hydrogen-bond acceptors (Lipinski definition) is 6. The topological polar surface area (TPSA) is 50.3 Å². The van der Waals surface area contributed by atoms with E-state index in [0.717, 1.165) is 65.2 Å². The van der Waals surface area contributed by atoms with Crippen LogP contribution in [0.3, 0.4) is 0 Å². The van der Waals surface area contributed by atoms with Crippen LogP contribution < -0.4 is 10.1 Å². The Morgan fingerprint density at radius 3 is 2.38 bits per heavy atom. The van der Waals surface area contributed by atoms with Crippen molar-refractivity contribution in [2.45, 2.75) is 34.1 Å². The molecule has 24 heavy (non-hydrogen) atoms. The molecule has 0 aliphatic heterocycles. The average Bonchev–Trinajstić information content (AvgIpc) is 3.03. The zero-order valence-electron chi connectivity index (χ0n) is 15.3. The van der Waals surface area contributed by atoms with Crippen LogP contribution in [0.5, 0.6) is 5.75 Å². The standard InChI is InChI=1S/C18H28N4OS/c1-6-22(7-2)10-8-9-19-18-21-20-17(24-18)15-11-13(3)16(23-5)14(4)12-15/h11-12H,6-10H2,1-5H3,(H,19,21). The molecule has 0 radical (unpaired) electrons. The van der Waals surface area contributed by atoms with Gasteiger partial charge < -0.3 is 15.0 Å². The van der Waals surface area contributed by atoms with Crippen LogP contribution in [0.25, 0.3) is 10.6 Å². The van der Waals surface area contributed by atoms with Gasteiger partial charge in [-0.15, -0.1) is 10.2 Å². The summed E-state index contributed by atoms with van der Waals surface area (Å²) in [6, 6.07) is 4.22. The fourth-order valence-electron chi connectivity index (χ4n) is 2.84. The molecule has 1 aromatic heterocycles. The van der Waals surface area contributed by atoms with E-state index < -0.39 is 0 Å². The number of aryl methyl sites for hydroxylation is 2. The first-order chi connectivity index (χ1) is 11.6. The number of nitrogens with zero attached hydrogens (tertiary/aromatic N) is 3. The molecule has 1 N–H and O–H groups in total. The summed E-state index contributed by atoms with van der Waals surface area (Å²) in [6.07, 6.45) is 1.11. The molecule has 0 fully saturated rings. The molecule has 0 aliphatic rings. The van der Waals surface area contributed by atoms with Crippen molar-refractivity contribution < 1.29 is 4.74 Å². The van der Waals surface area contributed by atoms with Gasteiger partial charge in [0.25, 0.3) is 0 Å². The number of ether oxygens (including phenoxy) is 1. The van der Waals surface area contributed by atoms with Gasteiger partial charge in [-0.25, -0.2) is 0 Å². The van der Waals surface area contributed by atoms with E-state index in [1.165, 1.54) is 0 Å². The van der Waals surface area contributed by atoms with E-state index in [2.05, 4.69) is 60.2 Å². The number of hydrogen-bond donors (Lipinski definition) is 1. The Morgan fingerprint density at radius 2 is 1.79 bits per heavy atom. The maximum absolute atomic E-state index is 5.43. The third-order valence-corrected chi connectivity index (χ3v) is 5.09. The van der Waals surface area contributed by atoms with Crippen molar-refractivity contribution >= 4 is 16.5 Å². The molecule has 6 heteroatoms. The largest absolute Gasteiger partial charge is 0.496 e. The number of aromatic nitrogens is 2. The number of nitrogens with one attached hydrogen (secondary N) is 1. The zero-order chi connectivity index (χ0) is 17.5. The van der Waals surface area contributed by atoms with Gasteiger partial charge in [-0.3, -0.25) is 0 Å². The quantitative estimate of drug-likeness (QED) is 0.695. The van der Waals surface area contributed by atoms with Gasteiger partial charge in [-0.05, 0) is 63.2 Å². The molecule has 2 aromatic rings. The lowest BCUT2D eigenvalue weighted by atomic mass is 10.1. The molecule has 0 saturated heterocycles. The van der Waals surface area contributed by atoms with E-state index in [1.807, 2.05) is 0 Å². The fourth-order valence-corrected chi connectivity index (χ4v) is 3.60. The highest BCUT2D eigenvalue weighted by molar-refractivity contribution is 7.18. The smallest absolute Gasteiger partial charge is 0.206 e. The van der Waals surface area contributed by atoms with Crippen molar-refractivity contribution in [3.8, 4) is 16.3 Å². The van der Waals surface area contributed by atoms with Gasteiger partial charge in [0, 0.05) is 12.1 Å². The molecule has 0 bridgehead atoms. The van der Waals surface area contributed by atoms with E-state index >= 15 is 0 Å². The van der Waals surface area contributed by atoms with Crippen LogP contribution in [0.15, 0.2) is 12.1 Å². The molecule has 0 spiro atoms. The number of rotatable bonds is 9. The first-order valence-electron chi connectivity index (χ1n) is 8.54. The van der Waals surface area contributed by atoms with E-state index in [0.29, 0.717) is 0 Å². The molecule has 1 heterocycles. The average molecular weight is 349 g/mol. The lowest BCUT2D eigenvalue weighted by molar-refractivity contribution is 0.303. The summed E-state index contributed by atoms with van der Waals surface area (Å²) >= 11 is 1.60. The number of methoxy groups -OCH3 is 1. The van der Waals surface area contributed by atoms with Gasteiger partial charge in [0.2, 0.25) is 5.13 Å². The molecule has 0 atom stereocenters. The highest BCUT2D eigenvalue weighted by atomic mass is 32.1. The van der Waals surface area contributed by atoms with Crippen molar-refractivity contribution in [2.75, 3.05) is 38.6 Å². The van der Waals surface area contributed by atoms with Crippen LogP contribution in [0, 0.1) is 13.8 Å². The molecule has 1 aromatic carbocycles. The lowest BCUT2D eigenvalue weighted by Crippen LogP contribution is -2.25. The molecular formula is C18H28N4OS. The van der Waals surface area contributed by atoms with E-state index in [-0.39, 0.29) is 0 Å². The van der Waals surface area contributed by atoms with Gasteiger partial charge in [0.1, 0.15) is 10.8 Å². The summed E-state index contributed by atoms with van der Waals surface area (Å²) in [7, 11) is 1.71. The summed E-state index contributed by atoms with van der Waals surface area (Å²) in [5.74, 6) is 0.943. The monoisotopic (exact) mass is 348 g/mol. The Hall–Kier alpha value is -1.66. The Balaban J connectivity index is 1.96. The minimum absolute atomic E-state index is 0.885.